The van der Waals surface area contributed by atoms with Crippen LogP contribution in [0.5, 0.6) is 0 Å². The van der Waals surface area contributed by atoms with Crippen LogP contribution >= 0.6 is 0 Å². The second-order valence-corrected chi connectivity index (χ2v) is 6.36. The summed E-state index contributed by atoms with van der Waals surface area (Å²) in [5.41, 5.74) is 1.43. The summed E-state index contributed by atoms with van der Waals surface area (Å²) in [6.45, 7) is 0. The molecule has 2 atom stereocenters. The maximum Gasteiger partial charge on any atom is 0.408 e. The minimum absolute atomic E-state index is 0.397. The topological polar surface area (TPSA) is 51.2 Å². The molecular weight excluding hydrogens is 381 g/mol. The highest BCUT2D eigenvalue weighted by molar-refractivity contribution is 5.71. The van der Waals surface area contributed by atoms with E-state index in [2.05, 4.69) is 22.1 Å². The molecule has 2 unspecified atom stereocenters. The summed E-state index contributed by atoms with van der Waals surface area (Å²) in [5, 5.41) is 2.52. The third kappa shape index (κ3) is 3.92. The number of nitrogens with one attached hydrogen (secondary N) is 1. The van der Waals surface area contributed by atoms with Crippen molar-refractivity contribution in [3.63, 3.8) is 0 Å². The first-order chi connectivity index (χ1) is 14.0. The second kappa shape index (κ2) is 7.68. The zero-order chi connectivity index (χ0) is 20.4. The Balaban J connectivity index is 1.69. The molecule has 4 nitrogen and oxygen atoms in total. The minimum Gasteiger partial charge on any atom is -0.439 e. The fraction of sp³-hybridized carbons (Fsp3) is 0.0909. The van der Waals surface area contributed by atoms with E-state index < -0.39 is 41.3 Å². The number of benzene rings is 2. The van der Waals surface area contributed by atoms with Gasteiger partial charge < -0.3 is 10.1 Å². The van der Waals surface area contributed by atoms with E-state index in [4.69, 9.17) is 4.74 Å². The molecule has 29 heavy (non-hydrogen) atoms. The normalized spacial score (nSPS) is 17.8. The molecule has 3 aromatic rings. The van der Waals surface area contributed by atoms with Gasteiger partial charge in [-0.15, -0.1) is 0 Å². The third-order valence-electron chi connectivity index (χ3n) is 4.38. The molecule has 7 heteroatoms. The number of hydrogen-bond acceptors (Lipinski definition) is 3. The van der Waals surface area contributed by atoms with Crippen molar-refractivity contribution >= 4 is 6.09 Å². The van der Waals surface area contributed by atoms with Gasteiger partial charge in [-0.3, -0.25) is 4.98 Å². The van der Waals surface area contributed by atoms with Gasteiger partial charge in [-0.05, 0) is 29.8 Å². The van der Waals surface area contributed by atoms with E-state index in [-0.39, 0.29) is 0 Å². The molecule has 2 heterocycles. The second-order valence-electron chi connectivity index (χ2n) is 6.36. The van der Waals surface area contributed by atoms with E-state index in [1.54, 1.807) is 6.07 Å². The van der Waals surface area contributed by atoms with Crippen LogP contribution in [-0.2, 0) is 4.74 Å². The molecule has 144 valence electrons. The summed E-state index contributed by atoms with van der Waals surface area (Å²) in [4.78, 5) is 15.9. The molecule has 0 aliphatic carbocycles. The summed E-state index contributed by atoms with van der Waals surface area (Å²) < 4.78 is 46.6. The Labute approximate surface area is 164 Å². The highest BCUT2D eigenvalue weighted by atomic mass is 19.2. The Bertz CT molecular complexity index is 1140. The molecule has 1 fully saturated rings. The molecule has 2 aromatic carbocycles. The fourth-order valence-electron chi connectivity index (χ4n) is 3.07. The zero-order valence-electron chi connectivity index (χ0n) is 14.8. The van der Waals surface area contributed by atoms with Crippen LogP contribution in [0.1, 0.15) is 34.4 Å². The number of alkyl carbamates (subject to hydrolysis) is 1. The van der Waals surface area contributed by atoms with E-state index in [0.717, 1.165) is 11.6 Å². The molecule has 1 N–H and O–H groups in total. The lowest BCUT2D eigenvalue weighted by atomic mass is 9.96. The van der Waals surface area contributed by atoms with Crippen LogP contribution in [0.25, 0.3) is 0 Å². The largest absolute Gasteiger partial charge is 0.439 e. The van der Waals surface area contributed by atoms with E-state index in [9.17, 15) is 18.0 Å². The smallest absolute Gasteiger partial charge is 0.408 e. The van der Waals surface area contributed by atoms with Gasteiger partial charge in [-0.1, -0.05) is 30.0 Å². The van der Waals surface area contributed by atoms with E-state index in [1.165, 1.54) is 12.4 Å². The van der Waals surface area contributed by atoms with Gasteiger partial charge in [-0.25, -0.2) is 18.0 Å². The number of amides is 1. The summed E-state index contributed by atoms with van der Waals surface area (Å²) in [7, 11) is 0. The van der Waals surface area contributed by atoms with Gasteiger partial charge >= 0.3 is 6.09 Å². The fourth-order valence-corrected chi connectivity index (χ4v) is 3.07. The number of hydrogen-bond donors (Lipinski definition) is 1. The Hall–Kier alpha value is -3.79. The highest BCUT2D eigenvalue weighted by Crippen LogP contribution is 2.38. The van der Waals surface area contributed by atoms with Crippen molar-refractivity contribution in [2.45, 2.75) is 12.1 Å². The van der Waals surface area contributed by atoms with Crippen LogP contribution in [0.2, 0.25) is 0 Å². The first-order valence-corrected chi connectivity index (χ1v) is 8.65. The van der Waals surface area contributed by atoms with Gasteiger partial charge in [0.05, 0.1) is 0 Å². The number of ether oxygens (including phenoxy) is 1. The summed E-state index contributed by atoms with van der Waals surface area (Å²) in [6, 6.07) is 11.3. The first-order valence-electron chi connectivity index (χ1n) is 8.65. The number of carbonyl (C=O) groups excluding carboxylic acids is 1. The van der Waals surface area contributed by atoms with Crippen molar-refractivity contribution in [1.29, 1.82) is 0 Å². The predicted octanol–water partition coefficient (Wildman–Crippen LogP) is 4.42. The molecule has 1 aromatic heterocycles. The van der Waals surface area contributed by atoms with Gasteiger partial charge in [0.25, 0.3) is 0 Å². The van der Waals surface area contributed by atoms with E-state index >= 15 is 0 Å². The SMILES string of the molecule is O=C1NC(c2cncc(C#Cc3ccccc3)c2)C(c2cc(F)cc(F)c2F)O1. The number of pyridine rings is 1. The monoisotopic (exact) mass is 394 g/mol. The lowest BCUT2D eigenvalue weighted by Gasteiger charge is -2.18. The number of rotatable bonds is 2. The van der Waals surface area contributed by atoms with Gasteiger partial charge in [0, 0.05) is 35.2 Å². The molecule has 1 aliphatic rings. The number of carbonyl (C=O) groups is 1. The molecule has 0 radical (unpaired) electrons. The summed E-state index contributed by atoms with van der Waals surface area (Å²) in [5.74, 6) is 2.34. The maximum absolute atomic E-state index is 14.2. The van der Waals surface area contributed by atoms with Crippen LogP contribution in [0.3, 0.4) is 0 Å². The van der Waals surface area contributed by atoms with Crippen molar-refractivity contribution in [3.05, 3.63) is 101 Å². The Kier molecular flexibility index (Phi) is 4.92. The highest BCUT2D eigenvalue weighted by Gasteiger charge is 2.39. The third-order valence-corrected chi connectivity index (χ3v) is 4.38. The zero-order valence-corrected chi connectivity index (χ0v) is 14.8. The Morgan fingerprint density at radius 3 is 2.52 bits per heavy atom. The van der Waals surface area contributed by atoms with Crippen molar-refractivity contribution in [3.8, 4) is 11.8 Å². The van der Waals surface area contributed by atoms with Crippen LogP contribution in [-0.4, -0.2) is 11.1 Å². The average molecular weight is 394 g/mol. The summed E-state index contributed by atoms with van der Waals surface area (Å²) in [6.07, 6.45) is 0.902. The Morgan fingerprint density at radius 2 is 1.72 bits per heavy atom. The molecule has 4 rings (SSSR count). The lowest BCUT2D eigenvalue weighted by Crippen LogP contribution is -2.20. The molecule has 1 saturated heterocycles. The Morgan fingerprint density at radius 1 is 0.966 bits per heavy atom. The minimum atomic E-state index is -1.36. The molecule has 1 amide bonds. The maximum atomic E-state index is 14.2. The van der Waals surface area contributed by atoms with Crippen molar-refractivity contribution in [2.24, 2.45) is 0 Å². The summed E-state index contributed by atoms with van der Waals surface area (Å²) >= 11 is 0. The number of cyclic esters (lactones) is 1. The average Bonchev–Trinajstić information content (AvgIpc) is 3.11. The molecule has 0 saturated carbocycles. The number of halogens is 3. The number of aromatic nitrogens is 1. The van der Waals surface area contributed by atoms with Gasteiger partial charge in [-0.2, -0.15) is 0 Å². The van der Waals surface area contributed by atoms with Crippen molar-refractivity contribution in [1.82, 2.24) is 10.3 Å². The van der Waals surface area contributed by atoms with Gasteiger partial charge in [0.15, 0.2) is 17.7 Å². The van der Waals surface area contributed by atoms with E-state index in [0.29, 0.717) is 17.2 Å². The predicted molar refractivity (Wildman–Crippen MR) is 98.1 cm³/mol. The molecule has 0 bridgehead atoms. The quantitative estimate of drug-likeness (QED) is 0.517. The first kappa shape index (κ1) is 18.6. The van der Waals surface area contributed by atoms with Crippen LogP contribution in [0, 0.1) is 29.3 Å². The molecule has 1 aliphatic heterocycles. The molecular formula is C22H13F3N2O2. The van der Waals surface area contributed by atoms with Gasteiger partial charge in [0.2, 0.25) is 0 Å². The van der Waals surface area contributed by atoms with Crippen molar-refractivity contribution in [2.75, 3.05) is 0 Å². The number of nitrogens with zero attached hydrogens (tertiary/aromatic N) is 1. The van der Waals surface area contributed by atoms with E-state index in [1.807, 2.05) is 30.3 Å². The molecule has 0 spiro atoms. The van der Waals surface area contributed by atoms with Gasteiger partial charge in [0.1, 0.15) is 11.9 Å². The van der Waals surface area contributed by atoms with Crippen molar-refractivity contribution < 1.29 is 22.7 Å². The van der Waals surface area contributed by atoms with Crippen LogP contribution in [0.4, 0.5) is 18.0 Å². The lowest BCUT2D eigenvalue weighted by molar-refractivity contribution is 0.129. The standard InChI is InChI=1S/C22H13F3N2O2/c23-16-9-17(19(25)18(24)10-16)21-20(27-22(28)29-21)15-8-14(11-26-12-15)7-6-13-4-2-1-3-5-13/h1-5,8-12,20-21H,(H,27,28). The van der Waals surface area contributed by atoms with Crippen LogP contribution in [0.15, 0.2) is 60.9 Å². The van der Waals surface area contributed by atoms with Crippen LogP contribution < -0.4 is 5.32 Å².